The maximum atomic E-state index is 2.38. The lowest BCUT2D eigenvalue weighted by Gasteiger charge is -2.16. The Morgan fingerprint density at radius 1 is 0.400 bits per heavy atom. The van der Waals surface area contributed by atoms with Crippen molar-refractivity contribution in [2.75, 3.05) is 0 Å². The summed E-state index contributed by atoms with van der Waals surface area (Å²) in [5, 5.41) is 8.79. The molecule has 0 aromatic heterocycles. The van der Waals surface area contributed by atoms with E-state index in [1.807, 2.05) is 0 Å². The zero-order chi connectivity index (χ0) is 16.6. The van der Waals surface area contributed by atoms with Crippen molar-refractivity contribution in [3.05, 3.63) is 59.7 Å². The molecule has 0 heterocycles. The Morgan fingerprint density at radius 3 is 1.28 bits per heavy atom. The highest BCUT2D eigenvalue weighted by atomic mass is 14.2. The zero-order valence-electron chi connectivity index (χ0n) is 15.0. The Labute approximate surface area is 150 Å². The largest absolute Gasteiger partial charge is 0.0578 e. The van der Waals surface area contributed by atoms with Crippen LogP contribution in [0.2, 0.25) is 0 Å². The van der Waals surface area contributed by atoms with E-state index in [2.05, 4.69) is 48.5 Å². The van der Waals surface area contributed by atoms with Gasteiger partial charge in [-0.15, -0.1) is 0 Å². The van der Waals surface area contributed by atoms with E-state index in [1.54, 1.807) is 11.1 Å². The van der Waals surface area contributed by atoms with Crippen LogP contribution in [0.5, 0.6) is 0 Å². The summed E-state index contributed by atoms with van der Waals surface area (Å²) in [6, 6.07) is 18.9. The van der Waals surface area contributed by atoms with Gasteiger partial charge in [-0.05, 0) is 69.1 Å². The molecule has 0 heteroatoms. The highest BCUT2D eigenvalue weighted by Gasteiger charge is 2.13. The highest BCUT2D eigenvalue weighted by Crippen LogP contribution is 2.38. The molecule has 4 aromatic rings. The van der Waals surface area contributed by atoms with Gasteiger partial charge in [-0.2, -0.15) is 0 Å². The molecule has 0 saturated heterocycles. The fraction of sp³-hybridized carbons (Fsp3) is 0.360. The van der Waals surface area contributed by atoms with E-state index in [-0.39, 0.29) is 0 Å². The molecule has 4 aromatic carbocycles. The van der Waals surface area contributed by atoms with Crippen LogP contribution in [0.1, 0.15) is 56.1 Å². The van der Waals surface area contributed by atoms with Crippen molar-refractivity contribution in [2.24, 2.45) is 0 Å². The summed E-state index contributed by atoms with van der Waals surface area (Å²) in [7, 11) is 0. The van der Waals surface area contributed by atoms with Crippen molar-refractivity contribution in [2.45, 2.75) is 57.8 Å². The minimum Gasteiger partial charge on any atom is -0.0578 e. The van der Waals surface area contributed by atoms with Gasteiger partial charge in [0.1, 0.15) is 0 Å². The van der Waals surface area contributed by atoms with Crippen molar-refractivity contribution in [3.8, 4) is 0 Å². The van der Waals surface area contributed by atoms with E-state index >= 15 is 0 Å². The molecule has 0 radical (unpaired) electrons. The van der Waals surface area contributed by atoms with Crippen LogP contribution < -0.4 is 0 Å². The second-order valence-electron chi connectivity index (χ2n) is 7.85. The summed E-state index contributed by atoms with van der Waals surface area (Å²) in [5.41, 5.74) is 3.09. The molecule has 0 unspecified atom stereocenters. The van der Waals surface area contributed by atoms with E-state index in [0.717, 1.165) is 0 Å². The highest BCUT2D eigenvalue weighted by molar-refractivity contribution is 6.24. The van der Waals surface area contributed by atoms with Crippen molar-refractivity contribution >= 4 is 32.3 Å². The molecule has 0 aliphatic heterocycles. The minimum atomic E-state index is 1.22. The molecule has 126 valence electrons. The molecule has 0 amide bonds. The van der Waals surface area contributed by atoms with Gasteiger partial charge in [-0.1, -0.05) is 80.6 Å². The summed E-state index contributed by atoms with van der Waals surface area (Å²) in [4.78, 5) is 0. The lowest BCUT2D eigenvalue weighted by Crippen LogP contribution is -1.93. The third kappa shape index (κ3) is 2.59. The minimum absolute atomic E-state index is 1.22. The third-order valence-corrected chi connectivity index (χ3v) is 6.24. The van der Waals surface area contributed by atoms with Gasteiger partial charge in [-0.25, -0.2) is 0 Å². The van der Waals surface area contributed by atoms with Crippen LogP contribution in [0.25, 0.3) is 32.3 Å². The van der Waals surface area contributed by atoms with Gasteiger partial charge in [0.2, 0.25) is 0 Å². The zero-order valence-corrected chi connectivity index (χ0v) is 15.0. The summed E-state index contributed by atoms with van der Waals surface area (Å²) >= 11 is 0. The summed E-state index contributed by atoms with van der Waals surface area (Å²) < 4.78 is 0. The average molecular weight is 326 g/mol. The van der Waals surface area contributed by atoms with Crippen LogP contribution in [0.3, 0.4) is 0 Å². The summed E-state index contributed by atoms with van der Waals surface area (Å²) in [5.74, 6) is 0. The Morgan fingerprint density at radius 2 is 0.800 bits per heavy atom. The molecule has 0 nitrogen and oxygen atoms in total. The monoisotopic (exact) mass is 326 g/mol. The van der Waals surface area contributed by atoms with Gasteiger partial charge in [-0.3, -0.25) is 0 Å². The topological polar surface area (TPSA) is 0 Å². The molecule has 0 saturated carbocycles. The second kappa shape index (κ2) is 6.33. The summed E-state index contributed by atoms with van der Waals surface area (Å²) in [6.07, 6.45) is 12.1. The predicted molar refractivity (Wildman–Crippen MR) is 110 cm³/mol. The van der Waals surface area contributed by atoms with E-state index in [4.69, 9.17) is 0 Å². The molecule has 5 rings (SSSR count). The first-order valence-electron chi connectivity index (χ1n) is 10.1. The molecule has 25 heavy (non-hydrogen) atoms. The quantitative estimate of drug-likeness (QED) is 0.295. The molecule has 1 aliphatic rings. The second-order valence-corrected chi connectivity index (χ2v) is 7.85. The first kappa shape index (κ1) is 15.2. The third-order valence-electron chi connectivity index (χ3n) is 6.24. The van der Waals surface area contributed by atoms with Gasteiger partial charge in [0.15, 0.2) is 0 Å². The number of benzene rings is 4. The molecule has 6 bridgehead atoms. The van der Waals surface area contributed by atoms with Crippen LogP contribution >= 0.6 is 0 Å². The lowest BCUT2D eigenvalue weighted by molar-refractivity contribution is 0.580. The van der Waals surface area contributed by atoms with Gasteiger partial charge in [0.05, 0.1) is 0 Å². The number of rotatable bonds is 0. The first-order chi connectivity index (χ1) is 12.4. The van der Waals surface area contributed by atoms with Crippen LogP contribution in [-0.4, -0.2) is 0 Å². The standard InChI is InChI=1S/C25H26/c1-2-4-6-8-18-10-12-20-15-17-23-19(9-7-5-3-1)11-13-21-14-16-22(18)24(20)25(21)23/h10-17H,1-9H2. The van der Waals surface area contributed by atoms with Gasteiger partial charge >= 0.3 is 0 Å². The van der Waals surface area contributed by atoms with Crippen molar-refractivity contribution < 1.29 is 0 Å². The van der Waals surface area contributed by atoms with E-state index in [0.29, 0.717) is 0 Å². The molecule has 1 aliphatic carbocycles. The molecule has 0 fully saturated rings. The van der Waals surface area contributed by atoms with Gasteiger partial charge < -0.3 is 0 Å². The van der Waals surface area contributed by atoms with Crippen LogP contribution in [-0.2, 0) is 12.8 Å². The SMILES string of the molecule is c1cc2ccc3c4ccc5ccc(c1CCCCCCCCC4)c2c53. The number of hydrogen-bond acceptors (Lipinski definition) is 0. The molecule has 0 atom stereocenters. The first-order valence-corrected chi connectivity index (χ1v) is 10.1. The fourth-order valence-corrected chi connectivity index (χ4v) is 4.87. The maximum Gasteiger partial charge on any atom is -0.00239 e. The Bertz CT molecular complexity index is 941. The number of hydrogen-bond donors (Lipinski definition) is 0. The van der Waals surface area contributed by atoms with Crippen molar-refractivity contribution in [1.82, 2.24) is 0 Å². The van der Waals surface area contributed by atoms with Crippen LogP contribution in [0.15, 0.2) is 48.5 Å². The van der Waals surface area contributed by atoms with E-state index < -0.39 is 0 Å². The molecular formula is C25H26. The smallest absolute Gasteiger partial charge is 0.00239 e. The predicted octanol–water partition coefficient (Wildman–Crippen LogP) is 7.41. The Kier molecular flexibility index (Phi) is 3.85. The Balaban J connectivity index is 1.79. The Hall–Kier alpha value is -2.08. The van der Waals surface area contributed by atoms with Crippen LogP contribution in [0.4, 0.5) is 0 Å². The van der Waals surface area contributed by atoms with Gasteiger partial charge in [0, 0.05) is 0 Å². The van der Waals surface area contributed by atoms with Gasteiger partial charge in [0.25, 0.3) is 0 Å². The van der Waals surface area contributed by atoms with E-state index in [1.165, 1.54) is 90.1 Å². The molecule has 0 N–H and O–H groups in total. The molecule has 0 spiro atoms. The fourth-order valence-electron chi connectivity index (χ4n) is 4.87. The van der Waals surface area contributed by atoms with E-state index in [9.17, 15) is 0 Å². The summed E-state index contributed by atoms with van der Waals surface area (Å²) in [6.45, 7) is 0. The lowest BCUT2D eigenvalue weighted by atomic mass is 9.88. The molecular weight excluding hydrogens is 300 g/mol. The van der Waals surface area contributed by atoms with Crippen molar-refractivity contribution in [1.29, 1.82) is 0 Å². The van der Waals surface area contributed by atoms with Crippen LogP contribution in [0, 0.1) is 0 Å². The average Bonchev–Trinajstić information content (AvgIpc) is 2.66. The normalized spacial score (nSPS) is 17.0. The number of aryl methyl sites for hydroxylation is 2. The van der Waals surface area contributed by atoms with Crippen molar-refractivity contribution in [3.63, 3.8) is 0 Å². The maximum absolute atomic E-state index is 2.38.